The summed E-state index contributed by atoms with van der Waals surface area (Å²) in [4.78, 5) is -0.155. The van der Waals surface area contributed by atoms with Crippen LogP contribution in [-0.4, -0.2) is 36.2 Å². The van der Waals surface area contributed by atoms with Crippen molar-refractivity contribution in [1.29, 1.82) is 0 Å². The van der Waals surface area contributed by atoms with Gasteiger partial charge in [-0.15, -0.1) is 0 Å². The summed E-state index contributed by atoms with van der Waals surface area (Å²) in [6, 6.07) is 2.75. The minimum Gasteiger partial charge on any atom is -0.495 e. The second-order valence-electron chi connectivity index (χ2n) is 4.12. The average molecular weight is 323 g/mol. The molecule has 1 aromatic rings. The van der Waals surface area contributed by atoms with Gasteiger partial charge in [0, 0.05) is 12.2 Å². The number of rotatable bonds is 6. The largest absolute Gasteiger partial charge is 0.495 e. The van der Waals surface area contributed by atoms with E-state index >= 15 is 0 Å². The number of sulfonamides is 2. The van der Waals surface area contributed by atoms with Gasteiger partial charge in [-0.2, -0.15) is 0 Å². The van der Waals surface area contributed by atoms with E-state index in [4.69, 9.17) is 15.6 Å². The fourth-order valence-electron chi connectivity index (χ4n) is 1.44. The maximum absolute atomic E-state index is 12.1. The molecule has 0 aliphatic carbocycles. The van der Waals surface area contributed by atoms with Crippen molar-refractivity contribution in [3.63, 3.8) is 0 Å². The molecule has 0 atom stereocenters. The predicted octanol–water partition coefficient (Wildman–Crippen LogP) is -0.847. The number of nitrogens with two attached hydrogens (primary N) is 2. The Balaban J connectivity index is 3.06. The molecule has 0 aromatic heterocycles. The van der Waals surface area contributed by atoms with Crippen molar-refractivity contribution < 1.29 is 21.6 Å². The van der Waals surface area contributed by atoms with Crippen LogP contribution in [0.1, 0.15) is 5.56 Å². The predicted molar refractivity (Wildman–Crippen MR) is 75.3 cm³/mol. The SMILES string of the molecule is COc1cc(C)c(N)cc1S(=O)(=O)NCCS(N)(=O)=O. The Hall–Kier alpha value is -1.36. The number of anilines is 1. The van der Waals surface area contributed by atoms with Gasteiger partial charge >= 0.3 is 0 Å². The number of primary sulfonamides is 1. The smallest absolute Gasteiger partial charge is 0.244 e. The molecule has 1 aromatic carbocycles. The summed E-state index contributed by atoms with van der Waals surface area (Å²) < 4.78 is 52.8. The quantitative estimate of drug-likeness (QED) is 0.582. The number of hydrogen-bond donors (Lipinski definition) is 3. The lowest BCUT2D eigenvalue weighted by Crippen LogP contribution is -2.31. The summed E-state index contributed by atoms with van der Waals surface area (Å²) in [6.45, 7) is 1.38. The fourth-order valence-corrected chi connectivity index (χ4v) is 3.17. The molecule has 1 rings (SSSR count). The van der Waals surface area contributed by atoms with Gasteiger partial charge in [0.15, 0.2) is 0 Å². The van der Waals surface area contributed by atoms with Crippen LogP contribution in [0.25, 0.3) is 0 Å². The molecule has 20 heavy (non-hydrogen) atoms. The van der Waals surface area contributed by atoms with Crippen molar-refractivity contribution in [2.75, 3.05) is 25.1 Å². The molecule has 0 radical (unpaired) electrons. The van der Waals surface area contributed by atoms with E-state index in [0.717, 1.165) is 0 Å². The van der Waals surface area contributed by atoms with Gasteiger partial charge in [0.2, 0.25) is 20.0 Å². The molecule has 10 heteroatoms. The minimum absolute atomic E-state index is 0.125. The van der Waals surface area contributed by atoms with E-state index in [0.29, 0.717) is 5.56 Å². The van der Waals surface area contributed by atoms with Gasteiger partial charge in [0.05, 0.1) is 12.9 Å². The summed E-state index contributed by atoms with van der Waals surface area (Å²) in [5.74, 6) is -0.379. The molecule has 5 N–H and O–H groups in total. The Kier molecular flexibility index (Phi) is 4.97. The van der Waals surface area contributed by atoms with E-state index in [9.17, 15) is 16.8 Å². The Morgan fingerprint density at radius 2 is 1.85 bits per heavy atom. The van der Waals surface area contributed by atoms with E-state index in [1.54, 1.807) is 6.92 Å². The van der Waals surface area contributed by atoms with Crippen molar-refractivity contribution in [1.82, 2.24) is 4.72 Å². The van der Waals surface area contributed by atoms with Gasteiger partial charge in [-0.3, -0.25) is 0 Å². The molecule has 0 saturated carbocycles. The topological polar surface area (TPSA) is 142 Å². The molecule has 0 heterocycles. The van der Waals surface area contributed by atoms with Crippen LogP contribution in [0.5, 0.6) is 5.75 Å². The van der Waals surface area contributed by atoms with Crippen LogP contribution in [0.15, 0.2) is 17.0 Å². The molecular weight excluding hydrogens is 306 g/mol. The Morgan fingerprint density at radius 3 is 2.35 bits per heavy atom. The highest BCUT2D eigenvalue weighted by molar-refractivity contribution is 7.90. The minimum atomic E-state index is -3.94. The zero-order chi connectivity index (χ0) is 15.6. The van der Waals surface area contributed by atoms with E-state index in [2.05, 4.69) is 4.72 Å². The highest BCUT2D eigenvalue weighted by Gasteiger charge is 2.21. The first-order valence-corrected chi connectivity index (χ1v) is 8.71. The van der Waals surface area contributed by atoms with Gasteiger partial charge < -0.3 is 10.5 Å². The Labute approximate surface area is 118 Å². The van der Waals surface area contributed by atoms with Gasteiger partial charge in [0.25, 0.3) is 0 Å². The zero-order valence-electron chi connectivity index (χ0n) is 11.1. The van der Waals surface area contributed by atoms with Crippen molar-refractivity contribution in [2.24, 2.45) is 5.14 Å². The number of nitrogens with one attached hydrogen (secondary N) is 1. The molecule has 0 aliphatic rings. The van der Waals surface area contributed by atoms with Crippen LogP contribution in [0.4, 0.5) is 5.69 Å². The molecule has 8 nitrogen and oxygen atoms in total. The lowest BCUT2D eigenvalue weighted by Gasteiger charge is -2.12. The number of ether oxygens (including phenoxy) is 1. The van der Waals surface area contributed by atoms with Crippen LogP contribution in [0.2, 0.25) is 0 Å². The van der Waals surface area contributed by atoms with Crippen molar-refractivity contribution in [2.45, 2.75) is 11.8 Å². The first-order valence-electron chi connectivity index (χ1n) is 5.51. The average Bonchev–Trinajstić information content (AvgIpc) is 2.29. The third-order valence-corrected chi connectivity index (χ3v) is 4.78. The van der Waals surface area contributed by atoms with Crippen LogP contribution in [-0.2, 0) is 20.0 Å². The van der Waals surface area contributed by atoms with E-state index < -0.39 is 25.8 Å². The van der Waals surface area contributed by atoms with E-state index in [-0.39, 0.29) is 22.9 Å². The molecular formula is C10H17N3O5S2. The van der Waals surface area contributed by atoms with Gasteiger partial charge in [-0.1, -0.05) is 0 Å². The van der Waals surface area contributed by atoms with Crippen molar-refractivity contribution in [3.05, 3.63) is 17.7 Å². The summed E-state index contributed by atoms with van der Waals surface area (Å²) in [5.41, 5.74) is 6.64. The van der Waals surface area contributed by atoms with Crippen molar-refractivity contribution in [3.8, 4) is 5.75 Å². The lowest BCUT2D eigenvalue weighted by atomic mass is 10.2. The highest BCUT2D eigenvalue weighted by atomic mass is 32.2. The number of methoxy groups -OCH3 is 1. The van der Waals surface area contributed by atoms with Crippen LogP contribution in [0.3, 0.4) is 0 Å². The highest BCUT2D eigenvalue weighted by Crippen LogP contribution is 2.28. The first-order chi connectivity index (χ1) is 9.07. The molecule has 0 aliphatic heterocycles. The third kappa shape index (κ3) is 4.34. The molecule has 114 valence electrons. The Bertz CT molecular complexity index is 698. The molecule has 0 unspecified atom stereocenters. The molecule has 0 spiro atoms. The molecule has 0 fully saturated rings. The molecule has 0 amide bonds. The van der Waals surface area contributed by atoms with Crippen LogP contribution < -0.4 is 20.3 Å². The van der Waals surface area contributed by atoms with Crippen molar-refractivity contribution >= 4 is 25.7 Å². The fraction of sp³-hybridized carbons (Fsp3) is 0.400. The second-order valence-corrected chi connectivity index (χ2v) is 7.59. The molecule has 0 saturated heterocycles. The van der Waals surface area contributed by atoms with Gasteiger partial charge in [-0.05, 0) is 24.6 Å². The normalized spacial score (nSPS) is 12.3. The van der Waals surface area contributed by atoms with Gasteiger partial charge in [-0.25, -0.2) is 26.7 Å². The van der Waals surface area contributed by atoms with Crippen LogP contribution in [0, 0.1) is 6.92 Å². The van der Waals surface area contributed by atoms with E-state index in [1.165, 1.54) is 19.2 Å². The first kappa shape index (κ1) is 16.7. The number of hydrogen-bond acceptors (Lipinski definition) is 6. The number of aryl methyl sites for hydroxylation is 1. The third-order valence-electron chi connectivity index (χ3n) is 2.52. The summed E-state index contributed by atoms with van der Waals surface area (Å²) in [7, 11) is -6.35. The maximum atomic E-state index is 12.1. The summed E-state index contributed by atoms with van der Waals surface area (Å²) in [5, 5.41) is 4.80. The second kappa shape index (κ2) is 5.95. The zero-order valence-corrected chi connectivity index (χ0v) is 12.7. The summed E-state index contributed by atoms with van der Waals surface area (Å²) >= 11 is 0. The van der Waals surface area contributed by atoms with Crippen LogP contribution >= 0.6 is 0 Å². The monoisotopic (exact) mass is 323 g/mol. The standard InChI is InChI=1S/C10H17N3O5S2/c1-7-5-9(18-2)10(6-8(7)11)20(16,17)13-3-4-19(12,14)15/h5-6,13H,3-4,11H2,1-2H3,(H2,12,14,15). The lowest BCUT2D eigenvalue weighted by molar-refractivity contribution is 0.402. The van der Waals surface area contributed by atoms with Gasteiger partial charge in [0.1, 0.15) is 10.6 Å². The van der Waals surface area contributed by atoms with E-state index in [1.807, 2.05) is 0 Å². The Morgan fingerprint density at radius 1 is 1.25 bits per heavy atom. The number of benzene rings is 1. The summed E-state index contributed by atoms with van der Waals surface area (Å²) in [6.07, 6.45) is 0. The maximum Gasteiger partial charge on any atom is 0.244 e. The number of nitrogen functional groups attached to an aromatic ring is 1. The molecule has 0 bridgehead atoms.